The predicted octanol–water partition coefficient (Wildman–Crippen LogP) is 3.24. The van der Waals surface area contributed by atoms with Crippen molar-refractivity contribution >= 4 is 23.2 Å². The molecule has 2 aliphatic rings. The Hall–Kier alpha value is -1.22. The summed E-state index contributed by atoms with van der Waals surface area (Å²) in [6, 6.07) is 14.1. The summed E-state index contributed by atoms with van der Waals surface area (Å²) >= 11 is 11.8. The van der Waals surface area contributed by atoms with Gasteiger partial charge in [-0.3, -0.25) is 0 Å². The van der Waals surface area contributed by atoms with Gasteiger partial charge in [0.05, 0.1) is 13.2 Å². The first-order valence-corrected chi connectivity index (χ1v) is 9.68. The number of aliphatic hydroxyl groups is 2. The largest absolute Gasteiger partial charge is 0.388 e. The van der Waals surface area contributed by atoms with E-state index in [1.54, 1.807) is 48.5 Å². The van der Waals surface area contributed by atoms with Crippen molar-refractivity contribution < 1.29 is 29.2 Å². The van der Waals surface area contributed by atoms with E-state index < -0.39 is 37.0 Å². The van der Waals surface area contributed by atoms with E-state index in [1.165, 1.54) is 0 Å². The van der Waals surface area contributed by atoms with Crippen LogP contribution >= 0.6 is 23.2 Å². The minimum Gasteiger partial charge on any atom is -0.388 e. The van der Waals surface area contributed by atoms with E-state index >= 15 is 0 Å². The van der Waals surface area contributed by atoms with Crippen LogP contribution in [0.15, 0.2) is 48.5 Å². The maximum Gasteiger partial charge on any atom is 0.184 e. The quantitative estimate of drug-likeness (QED) is 0.781. The molecule has 2 fully saturated rings. The lowest BCUT2D eigenvalue weighted by Crippen LogP contribution is -2.52. The zero-order valence-corrected chi connectivity index (χ0v) is 16.3. The van der Waals surface area contributed by atoms with Crippen molar-refractivity contribution in [1.29, 1.82) is 0 Å². The molecule has 2 N–H and O–H groups in total. The fourth-order valence-electron chi connectivity index (χ4n) is 3.26. The fourth-order valence-corrected chi connectivity index (χ4v) is 3.51. The van der Waals surface area contributed by atoms with Crippen molar-refractivity contribution in [3.63, 3.8) is 0 Å². The van der Waals surface area contributed by atoms with E-state index in [0.29, 0.717) is 10.0 Å². The second-order valence-corrected chi connectivity index (χ2v) is 7.64. The molecule has 6 nitrogen and oxygen atoms in total. The van der Waals surface area contributed by atoms with Crippen LogP contribution in [0.1, 0.15) is 23.7 Å². The lowest BCUT2D eigenvalue weighted by molar-refractivity contribution is -0.283. The van der Waals surface area contributed by atoms with Crippen molar-refractivity contribution in [2.75, 3.05) is 13.2 Å². The smallest absolute Gasteiger partial charge is 0.184 e. The third-order valence-corrected chi connectivity index (χ3v) is 5.29. The second kappa shape index (κ2) is 8.65. The summed E-state index contributed by atoms with van der Waals surface area (Å²) in [7, 11) is 0. The Morgan fingerprint density at radius 2 is 1.29 bits per heavy atom. The molecule has 2 unspecified atom stereocenters. The number of halogens is 2. The van der Waals surface area contributed by atoms with Crippen LogP contribution in [0, 0.1) is 0 Å². The van der Waals surface area contributed by atoms with Crippen LogP contribution in [0.5, 0.6) is 0 Å². The Morgan fingerprint density at radius 1 is 0.786 bits per heavy atom. The molecule has 2 heterocycles. The fraction of sp³-hybridized carbons (Fsp3) is 0.400. The Labute approximate surface area is 172 Å². The first-order chi connectivity index (χ1) is 13.5. The van der Waals surface area contributed by atoms with Crippen LogP contribution in [-0.2, 0) is 18.9 Å². The lowest BCUT2D eigenvalue weighted by Gasteiger charge is -2.37. The van der Waals surface area contributed by atoms with Crippen LogP contribution in [0.25, 0.3) is 0 Å². The van der Waals surface area contributed by atoms with Gasteiger partial charge in [0.15, 0.2) is 12.6 Å². The topological polar surface area (TPSA) is 77.4 Å². The molecule has 8 heteroatoms. The maximum absolute atomic E-state index is 10.8. The van der Waals surface area contributed by atoms with E-state index in [2.05, 4.69) is 0 Å². The van der Waals surface area contributed by atoms with Gasteiger partial charge in [-0.25, -0.2) is 0 Å². The van der Waals surface area contributed by atoms with Crippen LogP contribution in [0.2, 0.25) is 10.0 Å². The summed E-state index contributed by atoms with van der Waals surface area (Å²) in [5, 5.41) is 22.3. The minimum absolute atomic E-state index is 0.0310. The van der Waals surface area contributed by atoms with E-state index in [1.807, 2.05) is 0 Å². The van der Waals surface area contributed by atoms with Gasteiger partial charge in [-0.05, 0) is 24.3 Å². The summed E-state index contributed by atoms with van der Waals surface area (Å²) in [5.41, 5.74) is 1.54. The molecule has 28 heavy (non-hydrogen) atoms. The normalized spacial score (nSPS) is 31.6. The molecule has 0 aromatic heterocycles. The molecular formula is C20H20Cl2O6. The van der Waals surface area contributed by atoms with Crippen LogP contribution in [0.3, 0.4) is 0 Å². The van der Waals surface area contributed by atoms with Crippen LogP contribution < -0.4 is 0 Å². The molecule has 0 bridgehead atoms. The zero-order chi connectivity index (χ0) is 19.7. The van der Waals surface area contributed by atoms with Crippen LogP contribution in [0.4, 0.5) is 0 Å². The van der Waals surface area contributed by atoms with Crippen molar-refractivity contribution in [1.82, 2.24) is 0 Å². The highest BCUT2D eigenvalue weighted by molar-refractivity contribution is 6.30. The summed E-state index contributed by atoms with van der Waals surface area (Å²) in [4.78, 5) is 0. The molecule has 0 amide bonds. The Kier molecular flexibility index (Phi) is 6.20. The number of benzene rings is 2. The number of aliphatic hydroxyl groups excluding tert-OH is 2. The highest BCUT2D eigenvalue weighted by Gasteiger charge is 2.43. The van der Waals surface area contributed by atoms with E-state index in [4.69, 9.17) is 42.1 Å². The molecule has 150 valence electrons. The highest BCUT2D eigenvalue weighted by atomic mass is 35.5. The van der Waals surface area contributed by atoms with E-state index in [9.17, 15) is 10.2 Å². The van der Waals surface area contributed by atoms with Crippen molar-refractivity contribution in [3.05, 3.63) is 69.7 Å². The van der Waals surface area contributed by atoms with E-state index in [0.717, 1.165) is 11.1 Å². The molecule has 2 aromatic rings. The Bertz CT molecular complexity index is 784. The van der Waals surface area contributed by atoms with Gasteiger partial charge in [-0.15, -0.1) is 0 Å². The van der Waals surface area contributed by atoms with Crippen molar-refractivity contribution in [2.24, 2.45) is 0 Å². The van der Waals surface area contributed by atoms with Crippen LogP contribution in [-0.4, -0.2) is 47.8 Å². The van der Waals surface area contributed by atoms with Gasteiger partial charge >= 0.3 is 0 Å². The molecule has 0 aliphatic carbocycles. The van der Waals surface area contributed by atoms with Gasteiger partial charge < -0.3 is 29.2 Å². The highest BCUT2D eigenvalue weighted by Crippen LogP contribution is 2.34. The third kappa shape index (κ3) is 4.35. The van der Waals surface area contributed by atoms with Gasteiger partial charge in [0, 0.05) is 21.2 Å². The molecular weight excluding hydrogens is 407 g/mol. The summed E-state index contributed by atoms with van der Waals surface area (Å²) in [5.74, 6) is 0. The van der Waals surface area contributed by atoms with Gasteiger partial charge in [-0.2, -0.15) is 0 Å². The summed E-state index contributed by atoms with van der Waals surface area (Å²) in [6.45, 7) is 0.205. The van der Waals surface area contributed by atoms with Gasteiger partial charge in [-0.1, -0.05) is 47.5 Å². The molecule has 0 radical (unpaired) electrons. The Balaban J connectivity index is 1.42. The Morgan fingerprint density at radius 3 is 1.86 bits per heavy atom. The van der Waals surface area contributed by atoms with Gasteiger partial charge in [0.1, 0.15) is 24.4 Å². The molecule has 2 aromatic carbocycles. The second-order valence-electron chi connectivity index (χ2n) is 6.77. The van der Waals surface area contributed by atoms with Crippen molar-refractivity contribution in [2.45, 2.75) is 37.0 Å². The number of rotatable bonds is 4. The molecule has 0 saturated carbocycles. The third-order valence-electron chi connectivity index (χ3n) is 4.79. The molecule has 6 atom stereocenters. The van der Waals surface area contributed by atoms with E-state index in [-0.39, 0.29) is 13.2 Å². The molecule has 2 aliphatic heterocycles. The molecule has 2 saturated heterocycles. The molecule has 0 spiro atoms. The average molecular weight is 427 g/mol. The average Bonchev–Trinajstić information content (AvgIpc) is 3.19. The SMILES string of the molecule is O[C@H]([C@H]1OC(c2ccc(Cl)cc2)OC[C@H]1O)[C@@H]1COC(c2ccc(Cl)cc2)O1. The predicted molar refractivity (Wildman–Crippen MR) is 102 cm³/mol. The molecule has 4 rings (SSSR count). The summed E-state index contributed by atoms with van der Waals surface area (Å²) < 4.78 is 22.9. The number of hydrogen-bond acceptors (Lipinski definition) is 6. The van der Waals surface area contributed by atoms with Gasteiger partial charge in [0.2, 0.25) is 0 Å². The van der Waals surface area contributed by atoms with Gasteiger partial charge in [0.25, 0.3) is 0 Å². The zero-order valence-electron chi connectivity index (χ0n) is 14.8. The monoisotopic (exact) mass is 426 g/mol. The first kappa shape index (κ1) is 20.1. The lowest BCUT2D eigenvalue weighted by atomic mass is 10.0. The maximum atomic E-state index is 10.8. The number of hydrogen-bond donors (Lipinski definition) is 2. The number of ether oxygens (including phenoxy) is 4. The minimum atomic E-state index is -1.09. The van der Waals surface area contributed by atoms with Crippen molar-refractivity contribution in [3.8, 4) is 0 Å². The summed E-state index contributed by atoms with van der Waals surface area (Å²) in [6.07, 6.45) is -4.94. The standard InChI is InChI=1S/C20H20Cl2O6/c21-13-5-1-11(2-6-13)19-26-10-16(27-19)17(24)18-15(23)9-25-20(28-18)12-3-7-14(22)8-4-12/h1-8,15-20,23-24H,9-10H2/t15-,16+,17+,18+,19?,20?/m1/s1. The first-order valence-electron chi connectivity index (χ1n) is 8.92.